The van der Waals surface area contributed by atoms with E-state index in [0.29, 0.717) is 24.8 Å². The second kappa shape index (κ2) is 8.79. The number of rotatable bonds is 8. The second-order valence-corrected chi connectivity index (χ2v) is 6.36. The smallest absolute Gasteiger partial charge is 0.387 e. The van der Waals surface area contributed by atoms with Crippen molar-refractivity contribution in [3.8, 4) is 22.9 Å². The number of hydrogen-bond acceptors (Lipinski definition) is 6. The van der Waals surface area contributed by atoms with E-state index in [-0.39, 0.29) is 11.5 Å². The van der Waals surface area contributed by atoms with Crippen LogP contribution < -0.4 is 9.47 Å². The van der Waals surface area contributed by atoms with Crippen LogP contribution in [0.1, 0.15) is 17.0 Å². The van der Waals surface area contributed by atoms with Gasteiger partial charge in [-0.3, -0.25) is 4.90 Å². The first-order valence-electron chi connectivity index (χ1n) is 8.65. The molecule has 0 aliphatic carbocycles. The van der Waals surface area contributed by atoms with Gasteiger partial charge < -0.3 is 14.0 Å². The third kappa shape index (κ3) is 4.83. The number of alkyl halides is 2. The Hall–Kier alpha value is -3.00. The summed E-state index contributed by atoms with van der Waals surface area (Å²) in [5.74, 6) is 1.27. The van der Waals surface area contributed by atoms with Gasteiger partial charge in [-0.2, -0.15) is 13.8 Å². The predicted molar refractivity (Wildman–Crippen MR) is 99.3 cm³/mol. The molecule has 0 aliphatic rings. The summed E-state index contributed by atoms with van der Waals surface area (Å²) in [5.41, 5.74) is 2.77. The molecule has 28 heavy (non-hydrogen) atoms. The van der Waals surface area contributed by atoms with Gasteiger partial charge in [0.05, 0.1) is 13.7 Å². The minimum atomic E-state index is -2.92. The van der Waals surface area contributed by atoms with E-state index in [2.05, 4.69) is 14.9 Å². The van der Waals surface area contributed by atoms with Gasteiger partial charge in [-0.05, 0) is 37.2 Å². The number of aryl methyl sites for hydroxylation is 1. The zero-order chi connectivity index (χ0) is 20.1. The van der Waals surface area contributed by atoms with Crippen LogP contribution in [0.2, 0.25) is 0 Å². The standard InChI is InChI=1S/C20H21F2N3O3/c1-13-6-4-5-7-15(13)19-23-18(28-24-19)12-25(2)11-14-8-9-16(26-3)17(10-14)27-20(21)22/h4-10,20H,11-12H2,1-3H3. The van der Waals surface area contributed by atoms with E-state index in [0.717, 1.165) is 16.7 Å². The molecule has 2 aromatic carbocycles. The zero-order valence-corrected chi connectivity index (χ0v) is 15.9. The third-order valence-electron chi connectivity index (χ3n) is 4.16. The Kier molecular flexibility index (Phi) is 6.20. The Morgan fingerprint density at radius 1 is 1.11 bits per heavy atom. The van der Waals surface area contributed by atoms with Crippen LogP contribution in [-0.2, 0) is 13.1 Å². The number of aromatic nitrogens is 2. The molecule has 3 rings (SSSR count). The molecule has 3 aromatic rings. The van der Waals surface area contributed by atoms with Crippen molar-refractivity contribution in [3.05, 3.63) is 59.5 Å². The first-order valence-corrected chi connectivity index (χ1v) is 8.65. The van der Waals surface area contributed by atoms with Gasteiger partial charge in [0.15, 0.2) is 11.5 Å². The first-order chi connectivity index (χ1) is 13.5. The van der Waals surface area contributed by atoms with Crippen molar-refractivity contribution in [3.63, 3.8) is 0 Å². The SMILES string of the molecule is COc1ccc(CN(C)Cc2nc(-c3ccccc3C)no2)cc1OC(F)F. The fourth-order valence-corrected chi connectivity index (χ4v) is 2.86. The number of nitrogens with zero attached hydrogens (tertiary/aromatic N) is 3. The molecule has 0 bridgehead atoms. The van der Waals surface area contributed by atoms with E-state index in [4.69, 9.17) is 9.26 Å². The van der Waals surface area contributed by atoms with Gasteiger partial charge in [-0.15, -0.1) is 0 Å². The fraction of sp³-hybridized carbons (Fsp3) is 0.300. The minimum Gasteiger partial charge on any atom is -0.493 e. The maximum Gasteiger partial charge on any atom is 0.387 e. The molecular weight excluding hydrogens is 368 g/mol. The molecular formula is C20H21F2N3O3. The normalized spacial score (nSPS) is 11.2. The van der Waals surface area contributed by atoms with Gasteiger partial charge >= 0.3 is 6.61 Å². The van der Waals surface area contributed by atoms with Crippen molar-refractivity contribution in [1.82, 2.24) is 15.0 Å². The highest BCUT2D eigenvalue weighted by atomic mass is 19.3. The number of halogens is 2. The summed E-state index contributed by atoms with van der Waals surface area (Å²) >= 11 is 0. The number of benzene rings is 2. The van der Waals surface area contributed by atoms with Crippen molar-refractivity contribution >= 4 is 0 Å². The molecule has 1 heterocycles. The van der Waals surface area contributed by atoms with E-state index in [9.17, 15) is 8.78 Å². The number of methoxy groups -OCH3 is 1. The molecule has 0 saturated carbocycles. The molecule has 1 aromatic heterocycles. The van der Waals surface area contributed by atoms with Crippen molar-refractivity contribution in [2.24, 2.45) is 0 Å². The molecule has 0 radical (unpaired) electrons. The average Bonchev–Trinajstić information content (AvgIpc) is 3.10. The summed E-state index contributed by atoms with van der Waals surface area (Å²) in [6.07, 6.45) is 0. The summed E-state index contributed by atoms with van der Waals surface area (Å²) in [6.45, 7) is -0.0397. The zero-order valence-electron chi connectivity index (χ0n) is 15.9. The summed E-state index contributed by atoms with van der Waals surface area (Å²) in [6, 6.07) is 12.7. The number of hydrogen-bond donors (Lipinski definition) is 0. The second-order valence-electron chi connectivity index (χ2n) is 6.36. The molecule has 0 saturated heterocycles. The maximum absolute atomic E-state index is 12.6. The summed E-state index contributed by atoms with van der Waals surface area (Å²) in [7, 11) is 3.27. The molecule has 0 N–H and O–H groups in total. The van der Waals surface area contributed by atoms with Crippen LogP contribution >= 0.6 is 0 Å². The van der Waals surface area contributed by atoms with Gasteiger partial charge in [0.2, 0.25) is 11.7 Å². The van der Waals surface area contributed by atoms with Gasteiger partial charge in [0, 0.05) is 12.1 Å². The molecule has 0 aliphatic heterocycles. The molecule has 0 unspecified atom stereocenters. The third-order valence-corrected chi connectivity index (χ3v) is 4.16. The molecule has 148 valence electrons. The molecule has 0 amide bonds. The quantitative estimate of drug-likeness (QED) is 0.573. The Morgan fingerprint density at radius 2 is 1.89 bits per heavy atom. The Bertz CT molecular complexity index is 931. The van der Waals surface area contributed by atoms with Crippen molar-refractivity contribution in [1.29, 1.82) is 0 Å². The lowest BCUT2D eigenvalue weighted by Crippen LogP contribution is -2.17. The Morgan fingerprint density at radius 3 is 2.61 bits per heavy atom. The topological polar surface area (TPSA) is 60.6 Å². The van der Waals surface area contributed by atoms with Crippen LogP contribution in [0.3, 0.4) is 0 Å². The Balaban J connectivity index is 1.68. The highest BCUT2D eigenvalue weighted by molar-refractivity contribution is 5.58. The average molecular weight is 389 g/mol. The van der Waals surface area contributed by atoms with Crippen LogP contribution in [0.25, 0.3) is 11.4 Å². The highest BCUT2D eigenvalue weighted by Gasteiger charge is 2.15. The van der Waals surface area contributed by atoms with Gasteiger partial charge in [0.1, 0.15) is 0 Å². The largest absolute Gasteiger partial charge is 0.493 e. The summed E-state index contributed by atoms with van der Waals surface area (Å²) < 4.78 is 40.1. The van der Waals surface area contributed by atoms with Gasteiger partial charge in [0.25, 0.3) is 0 Å². The molecule has 0 spiro atoms. The van der Waals surface area contributed by atoms with Gasteiger partial charge in [-0.1, -0.05) is 35.5 Å². The maximum atomic E-state index is 12.6. The number of ether oxygens (including phenoxy) is 2. The molecule has 0 fully saturated rings. The lowest BCUT2D eigenvalue weighted by Gasteiger charge is -2.16. The molecule has 8 heteroatoms. The summed E-state index contributed by atoms with van der Waals surface area (Å²) in [4.78, 5) is 6.38. The van der Waals surface area contributed by atoms with Crippen LogP contribution in [0.15, 0.2) is 47.0 Å². The van der Waals surface area contributed by atoms with E-state index in [1.165, 1.54) is 13.2 Å². The van der Waals surface area contributed by atoms with E-state index in [1.807, 2.05) is 43.1 Å². The van der Waals surface area contributed by atoms with Gasteiger partial charge in [-0.25, -0.2) is 0 Å². The summed E-state index contributed by atoms with van der Waals surface area (Å²) in [5, 5.41) is 4.04. The van der Waals surface area contributed by atoms with E-state index >= 15 is 0 Å². The lowest BCUT2D eigenvalue weighted by molar-refractivity contribution is -0.0512. The molecule has 0 atom stereocenters. The van der Waals surface area contributed by atoms with Crippen molar-refractivity contribution < 1.29 is 22.8 Å². The fourth-order valence-electron chi connectivity index (χ4n) is 2.86. The Labute approximate surface area is 161 Å². The monoisotopic (exact) mass is 389 g/mol. The molecule has 6 nitrogen and oxygen atoms in total. The predicted octanol–water partition coefficient (Wildman–Crippen LogP) is 4.29. The minimum absolute atomic E-state index is 0.00280. The van der Waals surface area contributed by atoms with Crippen LogP contribution in [-0.4, -0.2) is 35.8 Å². The highest BCUT2D eigenvalue weighted by Crippen LogP contribution is 2.30. The van der Waals surface area contributed by atoms with Crippen LogP contribution in [0, 0.1) is 6.92 Å². The van der Waals surface area contributed by atoms with Crippen LogP contribution in [0.5, 0.6) is 11.5 Å². The van der Waals surface area contributed by atoms with E-state index in [1.54, 1.807) is 12.1 Å². The van der Waals surface area contributed by atoms with Crippen molar-refractivity contribution in [2.75, 3.05) is 14.2 Å². The first kappa shape index (κ1) is 19.8. The van der Waals surface area contributed by atoms with Crippen LogP contribution in [0.4, 0.5) is 8.78 Å². The lowest BCUT2D eigenvalue weighted by atomic mass is 10.1. The van der Waals surface area contributed by atoms with E-state index < -0.39 is 6.61 Å². The van der Waals surface area contributed by atoms with Crippen molar-refractivity contribution in [2.45, 2.75) is 26.6 Å².